The Labute approximate surface area is 166 Å². The maximum absolute atomic E-state index is 12.9. The summed E-state index contributed by atoms with van der Waals surface area (Å²) in [7, 11) is 0. The smallest absolute Gasteiger partial charge is 0.330 e. The lowest BCUT2D eigenvalue weighted by Crippen LogP contribution is -2.49. The van der Waals surface area contributed by atoms with Crippen LogP contribution in [-0.2, 0) is 28.6 Å². The molecule has 0 heterocycles. The van der Waals surface area contributed by atoms with Gasteiger partial charge in [0.15, 0.2) is 5.92 Å². The largest absolute Gasteiger partial charge is 0.465 e. The molecular weight excluding hydrogens is 362 g/mol. The van der Waals surface area contributed by atoms with Crippen LogP contribution in [0.4, 0.5) is 5.69 Å². The van der Waals surface area contributed by atoms with Crippen molar-refractivity contribution in [2.45, 2.75) is 60.1 Å². The number of hydrogen-bond acceptors (Lipinski definition) is 7. The monoisotopic (exact) mass is 393 g/mol. The summed E-state index contributed by atoms with van der Waals surface area (Å²) in [5, 5.41) is 2.97. The highest BCUT2D eigenvalue weighted by atomic mass is 16.6. The van der Waals surface area contributed by atoms with Gasteiger partial charge in [-0.2, -0.15) is 0 Å². The highest BCUT2D eigenvalue weighted by Crippen LogP contribution is 2.22. The number of benzene rings is 1. The minimum atomic E-state index is -1.49. The van der Waals surface area contributed by atoms with Gasteiger partial charge in [-0.1, -0.05) is 6.07 Å². The maximum Gasteiger partial charge on any atom is 0.330 e. The van der Waals surface area contributed by atoms with Gasteiger partial charge in [0.05, 0.1) is 13.2 Å². The van der Waals surface area contributed by atoms with Crippen molar-refractivity contribution < 1.29 is 28.6 Å². The molecule has 0 radical (unpaired) electrons. The Balaban J connectivity index is 3.33. The van der Waals surface area contributed by atoms with E-state index >= 15 is 0 Å². The number of aryl methyl sites for hydroxylation is 2. The van der Waals surface area contributed by atoms with Crippen LogP contribution in [0.25, 0.3) is 0 Å². The van der Waals surface area contributed by atoms with E-state index in [1.165, 1.54) is 0 Å². The zero-order chi connectivity index (χ0) is 21.5. The first-order valence-corrected chi connectivity index (χ1v) is 9.40. The first-order chi connectivity index (χ1) is 13.0. The molecule has 0 aliphatic rings. The van der Waals surface area contributed by atoms with E-state index in [4.69, 9.17) is 14.2 Å². The second-order valence-corrected chi connectivity index (χ2v) is 7.44. The molecule has 1 aromatic rings. The highest BCUT2D eigenvalue weighted by molar-refractivity contribution is 6.01. The average Bonchev–Trinajstić information content (AvgIpc) is 2.56. The Bertz CT molecular complexity index is 689. The fourth-order valence-electron chi connectivity index (χ4n) is 2.49. The van der Waals surface area contributed by atoms with Crippen molar-refractivity contribution in [3.8, 4) is 0 Å². The molecule has 1 atom stereocenters. The van der Waals surface area contributed by atoms with Crippen molar-refractivity contribution in [3.05, 3.63) is 29.3 Å². The van der Waals surface area contributed by atoms with Crippen molar-refractivity contribution in [1.29, 1.82) is 0 Å². The van der Waals surface area contributed by atoms with E-state index in [2.05, 4.69) is 5.32 Å². The fourth-order valence-corrected chi connectivity index (χ4v) is 2.49. The number of hydrogen-bond donors (Lipinski definition) is 1. The summed E-state index contributed by atoms with van der Waals surface area (Å²) < 4.78 is 15.5. The molecule has 0 aromatic heterocycles. The summed E-state index contributed by atoms with van der Waals surface area (Å²) in [6, 6.07) is 4.19. The normalized spacial score (nSPS) is 12.3. The zero-order valence-electron chi connectivity index (χ0n) is 17.8. The predicted molar refractivity (Wildman–Crippen MR) is 106 cm³/mol. The van der Waals surface area contributed by atoms with Gasteiger partial charge < -0.3 is 19.5 Å². The number of ether oxygens (including phenoxy) is 3. The molecule has 156 valence electrons. The Morgan fingerprint density at radius 1 is 0.929 bits per heavy atom. The van der Waals surface area contributed by atoms with Crippen LogP contribution in [0, 0.1) is 19.8 Å². The molecule has 1 aromatic carbocycles. The molecule has 0 bridgehead atoms. The quantitative estimate of drug-likeness (QED) is 0.412. The maximum atomic E-state index is 12.9. The average molecular weight is 393 g/mol. The van der Waals surface area contributed by atoms with E-state index in [0.717, 1.165) is 11.1 Å². The minimum absolute atomic E-state index is 0.0689. The van der Waals surface area contributed by atoms with Gasteiger partial charge in [0.25, 0.3) is 0 Å². The van der Waals surface area contributed by atoms with E-state index in [9.17, 15) is 14.4 Å². The molecule has 0 fully saturated rings. The van der Waals surface area contributed by atoms with Crippen molar-refractivity contribution in [2.75, 3.05) is 18.5 Å². The molecule has 0 amide bonds. The molecule has 0 aliphatic heterocycles. The van der Waals surface area contributed by atoms with Crippen LogP contribution in [0.1, 0.15) is 45.7 Å². The van der Waals surface area contributed by atoms with Crippen LogP contribution in [-0.4, -0.2) is 42.8 Å². The first kappa shape index (κ1) is 23.5. The Morgan fingerprint density at radius 2 is 1.46 bits per heavy atom. The topological polar surface area (TPSA) is 90.9 Å². The van der Waals surface area contributed by atoms with Gasteiger partial charge in [-0.05, 0) is 71.7 Å². The molecule has 0 spiro atoms. The number of anilines is 1. The molecule has 1 N–H and O–H groups in total. The number of rotatable bonds is 8. The van der Waals surface area contributed by atoms with E-state index in [-0.39, 0.29) is 13.2 Å². The lowest BCUT2D eigenvalue weighted by molar-refractivity contribution is -0.171. The molecule has 28 heavy (non-hydrogen) atoms. The standard InChI is InChI=1S/C21H31NO6/c1-8-26-18(23)16(19(24)27-9-2)17(20(25)28-21(5,6)7)22-15-11-10-13(3)14(4)12-15/h10-12,16-17,22H,8-9H2,1-7H3. The van der Waals surface area contributed by atoms with E-state index in [1.54, 1.807) is 40.7 Å². The molecule has 7 nitrogen and oxygen atoms in total. The number of carbonyl (C=O) groups is 3. The van der Waals surface area contributed by atoms with Crippen molar-refractivity contribution in [3.63, 3.8) is 0 Å². The highest BCUT2D eigenvalue weighted by Gasteiger charge is 2.44. The Hall–Kier alpha value is -2.57. The van der Waals surface area contributed by atoms with Crippen LogP contribution in [0.3, 0.4) is 0 Å². The first-order valence-electron chi connectivity index (χ1n) is 9.40. The lowest BCUT2D eigenvalue weighted by atomic mass is 9.98. The fraction of sp³-hybridized carbons (Fsp3) is 0.571. The lowest BCUT2D eigenvalue weighted by Gasteiger charge is -2.28. The van der Waals surface area contributed by atoms with E-state index in [0.29, 0.717) is 5.69 Å². The van der Waals surface area contributed by atoms with Crippen molar-refractivity contribution in [1.82, 2.24) is 0 Å². The third-order valence-corrected chi connectivity index (χ3v) is 3.90. The summed E-state index contributed by atoms with van der Waals surface area (Å²) >= 11 is 0. The van der Waals surface area contributed by atoms with Gasteiger partial charge in [-0.15, -0.1) is 0 Å². The summed E-state index contributed by atoms with van der Waals surface area (Å²) in [4.78, 5) is 37.9. The second kappa shape index (κ2) is 10.1. The third kappa shape index (κ3) is 6.87. The zero-order valence-corrected chi connectivity index (χ0v) is 17.8. The number of carbonyl (C=O) groups excluding carboxylic acids is 3. The van der Waals surface area contributed by atoms with Crippen LogP contribution in [0.5, 0.6) is 0 Å². The van der Waals surface area contributed by atoms with E-state index in [1.807, 2.05) is 26.0 Å². The summed E-state index contributed by atoms with van der Waals surface area (Å²) in [5.41, 5.74) is 1.86. The van der Waals surface area contributed by atoms with Gasteiger partial charge in [0.1, 0.15) is 11.6 Å². The van der Waals surface area contributed by atoms with Crippen molar-refractivity contribution >= 4 is 23.6 Å². The van der Waals surface area contributed by atoms with Gasteiger partial charge in [0.2, 0.25) is 0 Å². The molecule has 0 saturated heterocycles. The number of esters is 3. The van der Waals surface area contributed by atoms with Crippen LogP contribution < -0.4 is 5.32 Å². The van der Waals surface area contributed by atoms with Gasteiger partial charge in [-0.3, -0.25) is 9.59 Å². The van der Waals surface area contributed by atoms with Crippen LogP contribution in [0.2, 0.25) is 0 Å². The van der Waals surface area contributed by atoms with Gasteiger partial charge >= 0.3 is 17.9 Å². The molecule has 0 saturated carbocycles. The third-order valence-electron chi connectivity index (χ3n) is 3.90. The van der Waals surface area contributed by atoms with Gasteiger partial charge in [-0.25, -0.2) is 4.79 Å². The molecule has 0 aliphatic carbocycles. The number of nitrogens with one attached hydrogen (secondary N) is 1. The van der Waals surface area contributed by atoms with Crippen LogP contribution in [0.15, 0.2) is 18.2 Å². The molecule has 7 heteroatoms. The molecule has 1 unspecified atom stereocenters. The summed E-state index contributed by atoms with van der Waals surface area (Å²) in [6.07, 6.45) is 0. The van der Waals surface area contributed by atoms with E-state index < -0.39 is 35.5 Å². The Morgan fingerprint density at radius 3 is 1.89 bits per heavy atom. The Kier molecular flexibility index (Phi) is 8.47. The summed E-state index contributed by atoms with van der Waals surface area (Å²) in [6.45, 7) is 12.4. The molecule has 1 rings (SSSR count). The van der Waals surface area contributed by atoms with Crippen LogP contribution >= 0.6 is 0 Å². The second-order valence-electron chi connectivity index (χ2n) is 7.44. The van der Waals surface area contributed by atoms with Crippen molar-refractivity contribution in [2.24, 2.45) is 5.92 Å². The summed E-state index contributed by atoms with van der Waals surface area (Å²) in [5.74, 6) is -3.91. The molecular formula is C21H31NO6. The SMILES string of the molecule is CCOC(=O)C(C(=O)OCC)C(Nc1ccc(C)c(C)c1)C(=O)OC(C)(C)C. The minimum Gasteiger partial charge on any atom is -0.465 e. The van der Waals surface area contributed by atoms with Gasteiger partial charge in [0, 0.05) is 5.69 Å². The predicted octanol–water partition coefficient (Wildman–Crippen LogP) is 3.17.